The first-order chi connectivity index (χ1) is 20.4. The van der Waals surface area contributed by atoms with E-state index < -0.39 is 24.3 Å². The van der Waals surface area contributed by atoms with Crippen LogP contribution in [0.15, 0.2) is 24.3 Å². The maximum Gasteiger partial charge on any atom is 0.340 e. The summed E-state index contributed by atoms with van der Waals surface area (Å²) in [6.07, 6.45) is 11.5. The van der Waals surface area contributed by atoms with Crippen molar-refractivity contribution in [1.82, 2.24) is 0 Å². The molecule has 42 heavy (non-hydrogen) atoms. The molecule has 0 bridgehead atoms. The Hall–Kier alpha value is -2.18. The normalized spacial score (nSPS) is 24.0. The van der Waals surface area contributed by atoms with Crippen LogP contribution in [-0.2, 0) is 19.1 Å². The molecule has 2 aliphatic rings. The lowest BCUT2D eigenvalue weighted by molar-refractivity contribution is -0.158. The Labute approximate surface area is 252 Å². The number of alkyl halides is 2. The third kappa shape index (κ3) is 12.2. The van der Waals surface area contributed by atoms with E-state index in [4.69, 9.17) is 14.2 Å². The summed E-state index contributed by atoms with van der Waals surface area (Å²) in [4.78, 5) is 24.2. The van der Waals surface area contributed by atoms with Crippen molar-refractivity contribution in [2.45, 2.75) is 160 Å². The Morgan fingerprint density at radius 1 is 0.690 bits per heavy atom. The number of carbonyl (C=O) groups is 2. The first-order valence-corrected chi connectivity index (χ1v) is 16.8. The van der Waals surface area contributed by atoms with Crippen LogP contribution in [0.3, 0.4) is 0 Å². The molecule has 0 spiro atoms. The molecule has 3 rings (SSSR count). The highest BCUT2D eigenvalue weighted by molar-refractivity contribution is 5.75. The largest absolute Gasteiger partial charge is 0.493 e. The molecule has 0 N–H and O–H groups in total. The minimum atomic E-state index is -1.50. The first-order valence-electron chi connectivity index (χ1n) is 16.8. The Balaban J connectivity index is 1.29. The van der Waals surface area contributed by atoms with Crippen LogP contribution in [0.5, 0.6) is 5.75 Å². The second-order valence-electron chi connectivity index (χ2n) is 12.5. The SMILES string of the molecule is CCCCCC[C@H](F)C(=O)OC1CCC(COc2ccc(C3CCC(OC(=O)[C@@H](F)CCCCCC)CC3)cc2)CC1. The van der Waals surface area contributed by atoms with Gasteiger partial charge in [-0.05, 0) is 107 Å². The van der Waals surface area contributed by atoms with Crippen molar-refractivity contribution in [3.05, 3.63) is 29.8 Å². The van der Waals surface area contributed by atoms with Gasteiger partial charge in [0.25, 0.3) is 0 Å². The topological polar surface area (TPSA) is 61.8 Å². The standard InChI is InChI=1S/C35H54F2O5/c1-3-5-7-9-11-32(36)34(38)41-30-19-13-26(14-20-30)25-40-29-21-15-27(16-22-29)28-17-23-31(24-18-28)42-35(39)33(37)12-10-8-6-4-2/h15-16,21-22,26,28,30-33H,3-14,17-20,23-25H2,1-2H3/t26?,28?,30?,31?,32-,33-/m0/s1. The van der Waals surface area contributed by atoms with Gasteiger partial charge in [-0.1, -0.05) is 64.5 Å². The zero-order valence-electron chi connectivity index (χ0n) is 26.0. The van der Waals surface area contributed by atoms with Crippen molar-refractivity contribution in [3.63, 3.8) is 0 Å². The molecule has 0 aromatic heterocycles. The van der Waals surface area contributed by atoms with Crippen LogP contribution in [-0.4, -0.2) is 43.1 Å². The van der Waals surface area contributed by atoms with E-state index in [9.17, 15) is 18.4 Å². The second kappa shape index (κ2) is 19.2. The average Bonchev–Trinajstić information content (AvgIpc) is 3.01. The summed E-state index contributed by atoms with van der Waals surface area (Å²) < 4.78 is 45.3. The van der Waals surface area contributed by atoms with E-state index in [-0.39, 0.29) is 25.0 Å². The Morgan fingerprint density at radius 3 is 1.64 bits per heavy atom. The molecule has 0 unspecified atom stereocenters. The molecule has 2 saturated carbocycles. The number of esters is 2. The summed E-state index contributed by atoms with van der Waals surface area (Å²) in [6.45, 7) is 4.84. The van der Waals surface area contributed by atoms with Gasteiger partial charge in [-0.25, -0.2) is 18.4 Å². The molecule has 1 aromatic rings. The van der Waals surface area contributed by atoms with Crippen LogP contribution in [0.25, 0.3) is 0 Å². The summed E-state index contributed by atoms with van der Waals surface area (Å²) in [5, 5.41) is 0. The van der Waals surface area contributed by atoms with Crippen molar-refractivity contribution in [3.8, 4) is 5.75 Å². The van der Waals surface area contributed by atoms with E-state index in [1.807, 2.05) is 12.1 Å². The number of unbranched alkanes of at least 4 members (excludes halogenated alkanes) is 6. The molecule has 0 saturated heterocycles. The summed E-state index contributed by atoms with van der Waals surface area (Å²) in [6, 6.07) is 8.27. The van der Waals surface area contributed by atoms with Crippen molar-refractivity contribution in [2.24, 2.45) is 5.92 Å². The van der Waals surface area contributed by atoms with Crippen LogP contribution < -0.4 is 4.74 Å². The van der Waals surface area contributed by atoms with Crippen molar-refractivity contribution >= 4 is 11.9 Å². The molecule has 238 valence electrons. The van der Waals surface area contributed by atoms with Crippen LogP contribution in [0.4, 0.5) is 8.78 Å². The number of benzene rings is 1. The molecule has 2 atom stereocenters. The Morgan fingerprint density at radius 2 is 1.17 bits per heavy atom. The van der Waals surface area contributed by atoms with Crippen LogP contribution in [0.1, 0.15) is 141 Å². The number of halogens is 2. The predicted molar refractivity (Wildman–Crippen MR) is 162 cm³/mol. The molecule has 0 heterocycles. The number of carbonyl (C=O) groups excluding carboxylic acids is 2. The number of rotatable bonds is 18. The monoisotopic (exact) mass is 592 g/mol. The number of hydrogen-bond donors (Lipinski definition) is 0. The van der Waals surface area contributed by atoms with Gasteiger partial charge in [0.15, 0.2) is 12.3 Å². The van der Waals surface area contributed by atoms with Gasteiger partial charge in [0.05, 0.1) is 6.61 Å². The minimum Gasteiger partial charge on any atom is -0.493 e. The van der Waals surface area contributed by atoms with Gasteiger partial charge in [-0.3, -0.25) is 0 Å². The predicted octanol–water partition coefficient (Wildman–Crippen LogP) is 9.35. The molecule has 1 aromatic carbocycles. The maximum absolute atomic E-state index is 14.2. The average molecular weight is 593 g/mol. The molecular weight excluding hydrogens is 538 g/mol. The highest BCUT2D eigenvalue weighted by atomic mass is 19.1. The van der Waals surface area contributed by atoms with E-state index in [0.29, 0.717) is 18.4 Å². The summed E-state index contributed by atoms with van der Waals surface area (Å²) >= 11 is 0. The first kappa shape index (κ1) is 34.3. The van der Waals surface area contributed by atoms with Crippen molar-refractivity contribution in [1.29, 1.82) is 0 Å². The molecular formula is C35H54F2O5. The van der Waals surface area contributed by atoms with Gasteiger partial charge in [0, 0.05) is 0 Å². The molecule has 5 nitrogen and oxygen atoms in total. The second-order valence-corrected chi connectivity index (χ2v) is 12.5. The van der Waals surface area contributed by atoms with E-state index in [1.54, 1.807) is 0 Å². The van der Waals surface area contributed by atoms with Crippen LogP contribution in [0, 0.1) is 5.92 Å². The van der Waals surface area contributed by atoms with E-state index >= 15 is 0 Å². The van der Waals surface area contributed by atoms with Gasteiger partial charge >= 0.3 is 11.9 Å². The van der Waals surface area contributed by atoms with Gasteiger partial charge < -0.3 is 14.2 Å². The minimum absolute atomic E-state index is 0.183. The summed E-state index contributed by atoms with van der Waals surface area (Å²) in [7, 11) is 0. The Bertz CT molecular complexity index is 891. The van der Waals surface area contributed by atoms with Gasteiger partial charge in [-0.2, -0.15) is 0 Å². The van der Waals surface area contributed by atoms with Gasteiger partial charge in [-0.15, -0.1) is 0 Å². The zero-order chi connectivity index (χ0) is 30.2. The lowest BCUT2D eigenvalue weighted by atomic mass is 9.82. The lowest BCUT2D eigenvalue weighted by Crippen LogP contribution is -2.30. The van der Waals surface area contributed by atoms with Crippen LogP contribution >= 0.6 is 0 Å². The van der Waals surface area contributed by atoms with E-state index in [0.717, 1.165) is 108 Å². The quantitative estimate of drug-likeness (QED) is 0.126. The third-order valence-electron chi connectivity index (χ3n) is 9.00. The molecule has 7 heteroatoms. The highest BCUT2D eigenvalue weighted by Gasteiger charge is 2.29. The lowest BCUT2D eigenvalue weighted by Gasteiger charge is -2.29. The molecule has 0 amide bonds. The van der Waals surface area contributed by atoms with Crippen molar-refractivity contribution < 1.29 is 32.6 Å². The van der Waals surface area contributed by atoms with Gasteiger partial charge in [0.2, 0.25) is 0 Å². The molecule has 2 aliphatic carbocycles. The molecule has 2 fully saturated rings. The smallest absolute Gasteiger partial charge is 0.340 e. The fourth-order valence-electron chi connectivity index (χ4n) is 6.19. The van der Waals surface area contributed by atoms with Crippen LogP contribution in [0.2, 0.25) is 0 Å². The number of ether oxygens (including phenoxy) is 3. The van der Waals surface area contributed by atoms with Crippen molar-refractivity contribution in [2.75, 3.05) is 6.61 Å². The third-order valence-corrected chi connectivity index (χ3v) is 9.00. The molecule has 0 aliphatic heterocycles. The fraction of sp³-hybridized carbons (Fsp3) is 0.771. The highest BCUT2D eigenvalue weighted by Crippen LogP contribution is 2.35. The Kier molecular flexibility index (Phi) is 15.7. The summed E-state index contributed by atoms with van der Waals surface area (Å²) in [5.41, 5.74) is 1.25. The van der Waals surface area contributed by atoms with Gasteiger partial charge in [0.1, 0.15) is 18.0 Å². The zero-order valence-corrected chi connectivity index (χ0v) is 26.0. The van der Waals surface area contributed by atoms with E-state index in [1.165, 1.54) is 5.56 Å². The summed E-state index contributed by atoms with van der Waals surface area (Å²) in [5.74, 6) is 0.261. The molecule has 0 radical (unpaired) electrons. The van der Waals surface area contributed by atoms with E-state index in [2.05, 4.69) is 26.0 Å². The number of hydrogen-bond acceptors (Lipinski definition) is 5. The maximum atomic E-state index is 14.2. The fourth-order valence-corrected chi connectivity index (χ4v) is 6.19.